The Kier molecular flexibility index (Phi) is 4.13. The van der Waals surface area contributed by atoms with E-state index in [4.69, 9.17) is 4.74 Å². The predicted octanol–water partition coefficient (Wildman–Crippen LogP) is 2.66. The molecule has 0 radical (unpaired) electrons. The van der Waals surface area contributed by atoms with Crippen LogP contribution in [-0.4, -0.2) is 49.3 Å². The van der Waals surface area contributed by atoms with E-state index in [1.807, 2.05) is 7.11 Å². The van der Waals surface area contributed by atoms with Gasteiger partial charge in [0.15, 0.2) is 0 Å². The number of unbranched alkanes of at least 4 members (excludes halogenated alkanes) is 1. The molecule has 3 rings (SSSR count). The van der Waals surface area contributed by atoms with Crippen LogP contribution in [0.4, 0.5) is 0 Å². The van der Waals surface area contributed by atoms with Gasteiger partial charge in [0.05, 0.1) is 0 Å². The van der Waals surface area contributed by atoms with Crippen molar-refractivity contribution in [2.24, 2.45) is 11.8 Å². The molecule has 3 heteroatoms. The van der Waals surface area contributed by atoms with E-state index in [0.29, 0.717) is 11.1 Å². The molecule has 2 aliphatic carbocycles. The van der Waals surface area contributed by atoms with E-state index >= 15 is 0 Å². The second kappa shape index (κ2) is 5.58. The number of hydrogen-bond acceptors (Lipinski definition) is 3. The molecule has 116 valence electrons. The minimum Gasteiger partial charge on any atom is -0.385 e. The Balaban J connectivity index is 1.62. The maximum atomic E-state index is 5.20. The summed E-state index contributed by atoms with van der Waals surface area (Å²) in [5.41, 5.74) is 0.775. The fourth-order valence-electron chi connectivity index (χ4n) is 4.11. The number of hydrogen-bond donors (Lipinski definition) is 1. The second-order valence-corrected chi connectivity index (χ2v) is 7.80. The fraction of sp³-hybridized carbons (Fsp3) is 1.00. The third kappa shape index (κ3) is 2.90. The third-order valence-corrected chi connectivity index (χ3v) is 6.05. The standard InChI is InChI=1S/C17H32N2O/c1-16(14-6-7-14)13-19(10-4-5-11-20-3)17(2,12-18-16)15-8-9-15/h14-15,18H,4-13H2,1-3H3. The first-order valence-corrected chi connectivity index (χ1v) is 8.57. The normalized spacial score (nSPS) is 39.1. The first kappa shape index (κ1) is 14.8. The highest BCUT2D eigenvalue weighted by Crippen LogP contribution is 2.48. The van der Waals surface area contributed by atoms with Crippen LogP contribution in [0.25, 0.3) is 0 Å². The van der Waals surface area contributed by atoms with E-state index in [1.54, 1.807) is 0 Å². The molecule has 0 aromatic heterocycles. The van der Waals surface area contributed by atoms with Crippen LogP contribution < -0.4 is 5.32 Å². The molecule has 0 amide bonds. The highest BCUT2D eigenvalue weighted by atomic mass is 16.5. The zero-order chi connectivity index (χ0) is 14.2. The molecule has 0 spiro atoms. The summed E-state index contributed by atoms with van der Waals surface area (Å²) in [6.07, 6.45) is 8.21. The number of nitrogens with one attached hydrogen (secondary N) is 1. The monoisotopic (exact) mass is 280 g/mol. The lowest BCUT2D eigenvalue weighted by Gasteiger charge is -2.53. The Hall–Kier alpha value is -0.120. The second-order valence-electron chi connectivity index (χ2n) is 7.80. The SMILES string of the molecule is COCCCCN1CC(C)(C2CC2)NCC1(C)C1CC1. The van der Waals surface area contributed by atoms with Crippen LogP contribution in [0, 0.1) is 11.8 Å². The van der Waals surface area contributed by atoms with E-state index < -0.39 is 0 Å². The predicted molar refractivity (Wildman–Crippen MR) is 82.9 cm³/mol. The molecule has 1 aliphatic heterocycles. The third-order valence-electron chi connectivity index (χ3n) is 6.05. The highest BCUT2D eigenvalue weighted by molar-refractivity contribution is 5.11. The van der Waals surface area contributed by atoms with Crippen LogP contribution in [0.2, 0.25) is 0 Å². The summed E-state index contributed by atoms with van der Waals surface area (Å²) >= 11 is 0. The van der Waals surface area contributed by atoms with Crippen molar-refractivity contribution in [1.82, 2.24) is 10.2 Å². The Morgan fingerprint density at radius 2 is 1.80 bits per heavy atom. The summed E-state index contributed by atoms with van der Waals surface area (Å²) in [5, 5.41) is 3.93. The van der Waals surface area contributed by atoms with E-state index in [2.05, 4.69) is 24.1 Å². The van der Waals surface area contributed by atoms with Crippen molar-refractivity contribution in [3.63, 3.8) is 0 Å². The molecule has 2 atom stereocenters. The van der Waals surface area contributed by atoms with Gasteiger partial charge in [-0.05, 0) is 70.8 Å². The summed E-state index contributed by atoms with van der Waals surface area (Å²) in [7, 11) is 1.81. The topological polar surface area (TPSA) is 24.5 Å². The van der Waals surface area contributed by atoms with E-state index in [9.17, 15) is 0 Å². The lowest BCUT2D eigenvalue weighted by Crippen LogP contribution is -2.69. The summed E-state index contributed by atoms with van der Waals surface area (Å²) in [5.74, 6) is 1.86. The van der Waals surface area contributed by atoms with Crippen LogP contribution in [0.1, 0.15) is 52.4 Å². The Bertz CT molecular complexity index is 340. The van der Waals surface area contributed by atoms with Gasteiger partial charge in [0.1, 0.15) is 0 Å². The molecular weight excluding hydrogens is 248 g/mol. The van der Waals surface area contributed by atoms with Crippen LogP contribution in [-0.2, 0) is 4.74 Å². The van der Waals surface area contributed by atoms with Crippen LogP contribution in [0.3, 0.4) is 0 Å². The zero-order valence-electron chi connectivity index (χ0n) is 13.6. The molecule has 0 aromatic carbocycles. The van der Waals surface area contributed by atoms with Gasteiger partial charge in [0.25, 0.3) is 0 Å². The number of methoxy groups -OCH3 is 1. The largest absolute Gasteiger partial charge is 0.385 e. The Morgan fingerprint density at radius 1 is 1.10 bits per heavy atom. The molecule has 0 bridgehead atoms. The highest BCUT2D eigenvalue weighted by Gasteiger charge is 2.53. The van der Waals surface area contributed by atoms with Crippen molar-refractivity contribution in [1.29, 1.82) is 0 Å². The molecular formula is C17H32N2O. The molecule has 1 N–H and O–H groups in total. The number of rotatable bonds is 7. The van der Waals surface area contributed by atoms with Crippen LogP contribution in [0.5, 0.6) is 0 Å². The first-order valence-electron chi connectivity index (χ1n) is 8.57. The van der Waals surface area contributed by atoms with Gasteiger partial charge in [-0.1, -0.05) is 0 Å². The van der Waals surface area contributed by atoms with Crippen molar-refractivity contribution in [3.05, 3.63) is 0 Å². The van der Waals surface area contributed by atoms with Gasteiger partial charge in [0, 0.05) is 37.9 Å². The molecule has 1 heterocycles. The van der Waals surface area contributed by atoms with E-state index in [1.165, 1.54) is 58.2 Å². The van der Waals surface area contributed by atoms with Crippen molar-refractivity contribution in [2.75, 3.05) is 33.4 Å². The van der Waals surface area contributed by atoms with E-state index in [-0.39, 0.29) is 0 Å². The molecule has 20 heavy (non-hydrogen) atoms. The van der Waals surface area contributed by atoms with Gasteiger partial charge in [0.2, 0.25) is 0 Å². The Labute approximate surface area is 124 Å². The minimum atomic E-state index is 0.371. The smallest absolute Gasteiger partial charge is 0.0462 e. The number of piperazine rings is 1. The zero-order valence-corrected chi connectivity index (χ0v) is 13.6. The molecule has 3 fully saturated rings. The summed E-state index contributed by atoms with van der Waals surface area (Å²) in [4.78, 5) is 2.83. The fourth-order valence-corrected chi connectivity index (χ4v) is 4.11. The summed E-state index contributed by atoms with van der Waals surface area (Å²) < 4.78 is 5.20. The van der Waals surface area contributed by atoms with Gasteiger partial charge in [-0.25, -0.2) is 0 Å². The minimum absolute atomic E-state index is 0.371. The van der Waals surface area contributed by atoms with Crippen LogP contribution in [0.15, 0.2) is 0 Å². The van der Waals surface area contributed by atoms with Crippen molar-refractivity contribution >= 4 is 0 Å². The summed E-state index contributed by atoms with van der Waals surface area (Å²) in [6.45, 7) is 9.55. The van der Waals surface area contributed by atoms with Gasteiger partial charge in [-0.2, -0.15) is 0 Å². The van der Waals surface area contributed by atoms with Crippen molar-refractivity contribution in [3.8, 4) is 0 Å². The molecule has 2 saturated carbocycles. The van der Waals surface area contributed by atoms with Gasteiger partial charge in [-0.3, -0.25) is 4.90 Å². The molecule has 3 nitrogen and oxygen atoms in total. The maximum absolute atomic E-state index is 5.20. The summed E-state index contributed by atoms with van der Waals surface area (Å²) in [6, 6.07) is 0. The maximum Gasteiger partial charge on any atom is 0.0462 e. The Morgan fingerprint density at radius 3 is 2.40 bits per heavy atom. The van der Waals surface area contributed by atoms with E-state index in [0.717, 1.165) is 18.4 Å². The van der Waals surface area contributed by atoms with Gasteiger partial charge >= 0.3 is 0 Å². The molecule has 0 aromatic rings. The van der Waals surface area contributed by atoms with Crippen LogP contribution >= 0.6 is 0 Å². The average molecular weight is 280 g/mol. The number of ether oxygens (including phenoxy) is 1. The quantitative estimate of drug-likeness (QED) is 0.726. The number of nitrogens with zero attached hydrogens (tertiary/aromatic N) is 1. The lowest BCUT2D eigenvalue weighted by atomic mass is 9.83. The first-order chi connectivity index (χ1) is 9.58. The molecule has 1 saturated heterocycles. The average Bonchev–Trinajstić information content (AvgIpc) is 3.31. The van der Waals surface area contributed by atoms with Crippen molar-refractivity contribution < 1.29 is 4.74 Å². The van der Waals surface area contributed by atoms with Gasteiger partial charge in [-0.15, -0.1) is 0 Å². The molecule has 2 unspecified atom stereocenters. The van der Waals surface area contributed by atoms with Crippen molar-refractivity contribution in [2.45, 2.75) is 63.5 Å². The lowest BCUT2D eigenvalue weighted by molar-refractivity contribution is -0.00271. The van der Waals surface area contributed by atoms with Gasteiger partial charge < -0.3 is 10.1 Å². The molecule has 3 aliphatic rings.